The van der Waals surface area contributed by atoms with Gasteiger partial charge in [-0.1, -0.05) is 21.1 Å². The van der Waals surface area contributed by atoms with Crippen molar-refractivity contribution in [3.8, 4) is 17.5 Å². The zero-order chi connectivity index (χ0) is 21.6. The van der Waals surface area contributed by atoms with Gasteiger partial charge in [-0.15, -0.1) is 0 Å². The van der Waals surface area contributed by atoms with Crippen LogP contribution in [0.4, 0.5) is 11.4 Å². The summed E-state index contributed by atoms with van der Waals surface area (Å²) in [7, 11) is 1.74. The Kier molecular flexibility index (Phi) is 4.97. The first-order valence-corrected chi connectivity index (χ1v) is 10.0. The molecule has 2 heterocycles. The fourth-order valence-electron chi connectivity index (χ4n) is 3.16. The van der Waals surface area contributed by atoms with E-state index in [1.54, 1.807) is 29.8 Å². The highest BCUT2D eigenvalue weighted by Crippen LogP contribution is 2.37. The van der Waals surface area contributed by atoms with Crippen LogP contribution in [-0.4, -0.2) is 20.6 Å². The summed E-state index contributed by atoms with van der Waals surface area (Å²) in [6.07, 6.45) is 0. The summed E-state index contributed by atoms with van der Waals surface area (Å²) in [5.41, 5.74) is 8.77. The molecule has 150 valence electrons. The maximum Gasteiger partial charge on any atom is 0.439 e. The molecular weight excluding hydrogens is 520 g/mol. The fraction of sp³-hybridized carbons (Fsp3) is 0.0526. The monoisotopic (exact) mass is 530 g/mol. The van der Waals surface area contributed by atoms with Crippen LogP contribution in [0.5, 0.6) is 0 Å². The number of hydrogen-bond donors (Lipinski definition) is 3. The van der Waals surface area contributed by atoms with Crippen molar-refractivity contribution < 1.29 is 9.32 Å². The Labute approximate surface area is 185 Å². The number of H-pyrrole nitrogens is 1. The van der Waals surface area contributed by atoms with Crippen molar-refractivity contribution in [3.63, 3.8) is 0 Å². The van der Waals surface area contributed by atoms with E-state index in [2.05, 4.69) is 51.8 Å². The number of anilines is 2. The number of aromatic nitrogens is 3. The summed E-state index contributed by atoms with van der Waals surface area (Å²) < 4.78 is 7.73. The van der Waals surface area contributed by atoms with Crippen LogP contribution in [0.25, 0.3) is 22.3 Å². The highest BCUT2D eigenvalue weighted by molar-refractivity contribution is 9.11. The number of carbonyl (C=O) groups excluding carboxylic acids is 1. The number of halogens is 2. The van der Waals surface area contributed by atoms with Crippen LogP contribution >= 0.6 is 31.9 Å². The van der Waals surface area contributed by atoms with E-state index in [9.17, 15) is 14.9 Å². The van der Waals surface area contributed by atoms with E-state index < -0.39 is 11.7 Å². The third kappa shape index (κ3) is 3.30. The second kappa shape index (κ2) is 7.47. The minimum absolute atomic E-state index is 0.0976. The number of aryl methyl sites for hydroxylation is 1. The molecule has 11 heteroatoms. The molecule has 0 bridgehead atoms. The number of carbonyl (C=O) groups is 1. The van der Waals surface area contributed by atoms with Gasteiger partial charge < -0.3 is 15.6 Å². The standard InChI is InChI=1S/C19H12Br2N6O3/c1-27-14(5-9-11(20)6-12(21)15(23)16(9)27)18(28)24-13-3-2-8(7-22)4-10(13)17-25-19(29)30-26-17/h2-6H,23H2,1H3,(H,24,28)(H,25,26,29). The van der Waals surface area contributed by atoms with Crippen LogP contribution in [0.2, 0.25) is 0 Å². The molecule has 30 heavy (non-hydrogen) atoms. The summed E-state index contributed by atoms with van der Waals surface area (Å²) in [6.45, 7) is 0. The van der Waals surface area contributed by atoms with Crippen molar-refractivity contribution in [1.82, 2.24) is 14.7 Å². The number of aromatic amines is 1. The number of nitriles is 1. The van der Waals surface area contributed by atoms with Crippen LogP contribution in [0, 0.1) is 11.3 Å². The number of hydrogen-bond acceptors (Lipinski definition) is 6. The zero-order valence-corrected chi connectivity index (χ0v) is 18.5. The number of fused-ring (bicyclic) bond motifs is 1. The molecule has 0 atom stereocenters. The van der Waals surface area contributed by atoms with Crippen molar-refractivity contribution in [3.05, 3.63) is 61.1 Å². The quantitative estimate of drug-likeness (QED) is 0.343. The average Bonchev–Trinajstić information content (AvgIpc) is 3.30. The number of amides is 1. The van der Waals surface area contributed by atoms with E-state index in [0.29, 0.717) is 38.2 Å². The van der Waals surface area contributed by atoms with E-state index in [1.165, 1.54) is 6.07 Å². The maximum absolute atomic E-state index is 13.1. The molecule has 0 fully saturated rings. The average molecular weight is 532 g/mol. The number of nitrogens with two attached hydrogens (primary N) is 1. The van der Waals surface area contributed by atoms with E-state index >= 15 is 0 Å². The van der Waals surface area contributed by atoms with Crippen LogP contribution in [-0.2, 0) is 7.05 Å². The Bertz CT molecular complexity index is 1430. The number of rotatable bonds is 3. The fourth-order valence-corrected chi connectivity index (χ4v) is 4.41. The van der Waals surface area contributed by atoms with Gasteiger partial charge in [-0.05, 0) is 46.3 Å². The van der Waals surface area contributed by atoms with Crippen molar-refractivity contribution in [2.75, 3.05) is 11.1 Å². The highest BCUT2D eigenvalue weighted by atomic mass is 79.9. The first kappa shape index (κ1) is 19.9. The number of nitrogens with one attached hydrogen (secondary N) is 2. The lowest BCUT2D eigenvalue weighted by molar-refractivity contribution is 0.102. The smallest absolute Gasteiger partial charge is 0.396 e. The molecule has 0 saturated carbocycles. The molecule has 2 aromatic heterocycles. The van der Waals surface area contributed by atoms with Crippen LogP contribution in [0.15, 0.2) is 48.6 Å². The molecule has 0 spiro atoms. The largest absolute Gasteiger partial charge is 0.439 e. The van der Waals surface area contributed by atoms with Gasteiger partial charge in [0.25, 0.3) is 5.91 Å². The van der Waals surface area contributed by atoms with E-state index in [-0.39, 0.29) is 5.82 Å². The van der Waals surface area contributed by atoms with E-state index in [4.69, 9.17) is 5.73 Å². The minimum atomic E-state index is -0.746. The minimum Gasteiger partial charge on any atom is -0.396 e. The molecule has 0 aliphatic heterocycles. The molecule has 4 N–H and O–H groups in total. The van der Waals surface area contributed by atoms with Crippen LogP contribution in [0.3, 0.4) is 0 Å². The van der Waals surface area contributed by atoms with Gasteiger partial charge in [0.05, 0.1) is 28.5 Å². The maximum atomic E-state index is 13.1. The van der Waals surface area contributed by atoms with Crippen molar-refractivity contribution >= 4 is 60.0 Å². The molecule has 9 nitrogen and oxygen atoms in total. The molecule has 0 unspecified atom stereocenters. The second-order valence-corrected chi connectivity index (χ2v) is 8.08. The Morgan fingerprint density at radius 2 is 2.07 bits per heavy atom. The number of benzene rings is 2. The van der Waals surface area contributed by atoms with Gasteiger partial charge >= 0.3 is 5.76 Å². The van der Waals surface area contributed by atoms with Gasteiger partial charge in [0, 0.05) is 26.9 Å². The van der Waals surface area contributed by atoms with Gasteiger partial charge in [0.15, 0.2) is 5.82 Å². The molecular formula is C19H12Br2N6O3. The molecule has 0 aliphatic carbocycles. The first-order valence-electron chi connectivity index (χ1n) is 8.45. The van der Waals surface area contributed by atoms with Gasteiger partial charge in [0.1, 0.15) is 5.69 Å². The second-order valence-electron chi connectivity index (χ2n) is 6.37. The third-order valence-corrected chi connectivity index (χ3v) is 5.89. The molecule has 0 aliphatic rings. The molecule has 2 aromatic carbocycles. The molecule has 1 amide bonds. The number of nitrogen functional groups attached to an aromatic ring is 1. The third-order valence-electron chi connectivity index (χ3n) is 4.58. The predicted octanol–water partition coefficient (Wildman–Crippen LogP) is 3.75. The summed E-state index contributed by atoms with van der Waals surface area (Å²) in [6, 6.07) is 10.2. The van der Waals surface area contributed by atoms with Crippen LogP contribution in [0.1, 0.15) is 16.1 Å². The summed E-state index contributed by atoms with van der Waals surface area (Å²) in [5.74, 6) is -1.06. The summed E-state index contributed by atoms with van der Waals surface area (Å²) in [4.78, 5) is 26.8. The Balaban J connectivity index is 1.80. The van der Waals surface area contributed by atoms with E-state index in [0.717, 1.165) is 9.86 Å². The molecule has 4 rings (SSSR count). The molecule has 4 aromatic rings. The molecule has 0 radical (unpaired) electrons. The highest BCUT2D eigenvalue weighted by Gasteiger charge is 2.20. The lowest BCUT2D eigenvalue weighted by atomic mass is 10.1. The van der Waals surface area contributed by atoms with Crippen molar-refractivity contribution in [2.24, 2.45) is 7.05 Å². The first-order chi connectivity index (χ1) is 14.3. The SMILES string of the molecule is Cn1c(C(=O)Nc2ccc(C#N)cc2-c2noc(=O)[nH]2)cc2c(Br)cc(Br)c(N)c21. The normalized spacial score (nSPS) is 10.9. The van der Waals surface area contributed by atoms with E-state index in [1.807, 2.05) is 12.1 Å². The van der Waals surface area contributed by atoms with Crippen LogP contribution < -0.4 is 16.8 Å². The van der Waals surface area contributed by atoms with Gasteiger partial charge in [-0.2, -0.15) is 5.26 Å². The van der Waals surface area contributed by atoms with Gasteiger partial charge in [-0.25, -0.2) is 4.79 Å². The van der Waals surface area contributed by atoms with Crippen molar-refractivity contribution in [2.45, 2.75) is 0 Å². The Morgan fingerprint density at radius 1 is 1.30 bits per heavy atom. The van der Waals surface area contributed by atoms with Gasteiger partial charge in [-0.3, -0.25) is 14.3 Å². The number of nitrogens with zero attached hydrogens (tertiary/aromatic N) is 3. The Morgan fingerprint density at radius 3 is 2.73 bits per heavy atom. The predicted molar refractivity (Wildman–Crippen MR) is 118 cm³/mol. The lowest BCUT2D eigenvalue weighted by Gasteiger charge is -2.11. The summed E-state index contributed by atoms with van der Waals surface area (Å²) >= 11 is 6.90. The summed E-state index contributed by atoms with van der Waals surface area (Å²) in [5, 5.41) is 16.4. The topological polar surface area (TPSA) is 143 Å². The lowest BCUT2D eigenvalue weighted by Crippen LogP contribution is -2.16. The van der Waals surface area contributed by atoms with Crippen molar-refractivity contribution in [1.29, 1.82) is 5.26 Å². The Hall–Kier alpha value is -3.36. The van der Waals surface area contributed by atoms with Gasteiger partial charge in [0.2, 0.25) is 0 Å². The molecule has 0 saturated heterocycles. The zero-order valence-electron chi connectivity index (χ0n) is 15.3.